The summed E-state index contributed by atoms with van der Waals surface area (Å²) in [4.78, 5) is 20.7. The Hall–Kier alpha value is -3.77. The van der Waals surface area contributed by atoms with Gasteiger partial charge >= 0.3 is 10.2 Å². The molecule has 1 fully saturated rings. The van der Waals surface area contributed by atoms with E-state index in [1.54, 1.807) is 40.9 Å². The Bertz CT molecular complexity index is 1690. The van der Waals surface area contributed by atoms with Gasteiger partial charge in [-0.25, -0.2) is 14.1 Å². The zero-order valence-electron chi connectivity index (χ0n) is 23.4. The Morgan fingerprint density at radius 1 is 1.17 bits per heavy atom. The van der Waals surface area contributed by atoms with E-state index in [2.05, 4.69) is 16.1 Å². The number of aryl methyl sites for hydroxylation is 1. The number of amidine groups is 1. The molecule has 2 atom stereocenters. The molecule has 0 spiro atoms. The molecule has 4 heterocycles. The van der Waals surface area contributed by atoms with Crippen molar-refractivity contribution in [2.24, 2.45) is 4.40 Å². The fraction of sp³-hybridized carbons (Fsp3) is 0.357. The minimum atomic E-state index is -4.41. The van der Waals surface area contributed by atoms with Gasteiger partial charge in [-0.15, -0.1) is 4.40 Å². The van der Waals surface area contributed by atoms with Gasteiger partial charge in [-0.3, -0.25) is 4.79 Å². The molecule has 3 aromatic rings. The van der Waals surface area contributed by atoms with Crippen LogP contribution in [0.15, 0.2) is 53.6 Å². The van der Waals surface area contributed by atoms with Gasteiger partial charge in [-0.2, -0.15) is 17.8 Å². The summed E-state index contributed by atoms with van der Waals surface area (Å²) in [6.45, 7) is 13.5. The van der Waals surface area contributed by atoms with Gasteiger partial charge in [-0.1, -0.05) is 30.3 Å². The number of fused-ring (bicyclic) bond motifs is 1. The van der Waals surface area contributed by atoms with Crippen molar-refractivity contribution >= 4 is 45.2 Å². The van der Waals surface area contributed by atoms with Gasteiger partial charge in [0.2, 0.25) is 5.91 Å². The molecule has 10 nitrogen and oxygen atoms in total. The molecule has 5 rings (SSSR count). The maximum Gasteiger partial charge on any atom is 0.353 e. The number of benzene rings is 1. The number of rotatable bonds is 4. The van der Waals surface area contributed by atoms with Gasteiger partial charge in [-0.05, 0) is 58.9 Å². The summed E-state index contributed by atoms with van der Waals surface area (Å²) in [7, 11) is -4.41. The number of pyridine rings is 1. The van der Waals surface area contributed by atoms with Crippen molar-refractivity contribution in [1.82, 2.24) is 24.6 Å². The number of carbonyl (C=O) groups excluding carboxylic acids is 1. The topological polar surface area (TPSA) is 104 Å². The molecule has 0 saturated carbocycles. The molecule has 0 radical (unpaired) electrons. The summed E-state index contributed by atoms with van der Waals surface area (Å²) in [5.74, 6) is -0.280. The fourth-order valence-electron chi connectivity index (χ4n) is 5.28. The first-order valence-electron chi connectivity index (χ1n) is 13.2. The number of aromatic nitrogens is 3. The third kappa shape index (κ3) is 4.88. The lowest BCUT2D eigenvalue weighted by molar-refractivity contribution is -0.130. The first-order valence-corrected chi connectivity index (χ1v) is 15.0. The van der Waals surface area contributed by atoms with E-state index in [4.69, 9.17) is 16.6 Å². The molecule has 0 unspecified atom stereocenters. The highest BCUT2D eigenvalue weighted by Gasteiger charge is 2.42. The zero-order valence-corrected chi connectivity index (χ0v) is 25.0. The summed E-state index contributed by atoms with van der Waals surface area (Å²) >= 11 is 6.73. The van der Waals surface area contributed by atoms with Crippen LogP contribution in [0.2, 0.25) is 5.02 Å². The quantitative estimate of drug-likeness (QED) is 0.396. The summed E-state index contributed by atoms with van der Waals surface area (Å²) in [6, 6.07) is 6.88. The first-order chi connectivity index (χ1) is 19.4. The molecule has 1 saturated heterocycles. The van der Waals surface area contributed by atoms with Crippen molar-refractivity contribution in [3.05, 3.63) is 71.2 Å². The van der Waals surface area contributed by atoms with E-state index in [1.807, 2.05) is 32.6 Å². The predicted molar refractivity (Wildman–Crippen MR) is 157 cm³/mol. The lowest BCUT2D eigenvalue weighted by atomic mass is 10.0. The highest BCUT2D eigenvalue weighted by atomic mass is 35.5. The van der Waals surface area contributed by atoms with Crippen molar-refractivity contribution in [2.75, 3.05) is 17.4 Å². The molecular weight excluding hydrogens is 569 g/mol. The number of hydrogen-bond acceptors (Lipinski definition) is 6. The van der Waals surface area contributed by atoms with Gasteiger partial charge in [0.1, 0.15) is 5.82 Å². The molecule has 0 bridgehead atoms. The zero-order chi connectivity index (χ0) is 29.8. The lowest BCUT2D eigenvalue weighted by Gasteiger charge is -2.46. The van der Waals surface area contributed by atoms with Crippen molar-refractivity contribution in [2.45, 2.75) is 52.7 Å². The molecule has 0 N–H and O–H groups in total. The van der Waals surface area contributed by atoms with Gasteiger partial charge in [0.05, 0.1) is 22.5 Å². The van der Waals surface area contributed by atoms with E-state index >= 15 is 0 Å². The maximum absolute atomic E-state index is 14.9. The van der Waals surface area contributed by atoms with Crippen LogP contribution >= 0.6 is 11.6 Å². The van der Waals surface area contributed by atoms with E-state index in [9.17, 15) is 17.6 Å². The number of nitrogens with zero attached hydrogens (tertiary/aromatic N) is 7. The molecule has 2 aliphatic rings. The minimum absolute atomic E-state index is 0.0348. The molecule has 1 amide bonds. The van der Waals surface area contributed by atoms with Gasteiger partial charge in [0.15, 0.2) is 17.5 Å². The largest absolute Gasteiger partial charge is 0.353 e. The normalized spacial score (nSPS) is 20.2. The molecule has 1 aromatic carbocycles. The van der Waals surface area contributed by atoms with Crippen LogP contribution in [-0.2, 0) is 15.0 Å². The summed E-state index contributed by atoms with van der Waals surface area (Å²) < 4.78 is 50.0. The molecule has 13 heteroatoms. The van der Waals surface area contributed by atoms with Crippen molar-refractivity contribution < 1.29 is 17.6 Å². The van der Waals surface area contributed by atoms with Crippen molar-refractivity contribution in [3.63, 3.8) is 0 Å². The van der Waals surface area contributed by atoms with Crippen molar-refractivity contribution in [3.8, 4) is 11.3 Å². The van der Waals surface area contributed by atoms with E-state index in [0.717, 1.165) is 4.31 Å². The van der Waals surface area contributed by atoms with E-state index in [0.29, 0.717) is 24.2 Å². The third-order valence-corrected chi connectivity index (χ3v) is 8.79. The highest BCUT2D eigenvalue weighted by Crippen LogP contribution is 2.42. The van der Waals surface area contributed by atoms with Gasteiger partial charge in [0.25, 0.3) is 0 Å². The van der Waals surface area contributed by atoms with Gasteiger partial charge in [0, 0.05) is 42.3 Å². The van der Waals surface area contributed by atoms with Gasteiger partial charge < -0.3 is 9.80 Å². The molecule has 41 heavy (non-hydrogen) atoms. The van der Waals surface area contributed by atoms with Crippen LogP contribution in [0.3, 0.4) is 0 Å². The SMILES string of the molecule is C=CC(=O)N1C[C@H](C)N(C2=NS(=O)(=O)N(c3c(C)cnn3C(C)C)c3nc(-c4ccccc4F)c(Cl)cc32)C[C@H]1C. The van der Waals surface area contributed by atoms with E-state index < -0.39 is 16.0 Å². The van der Waals surface area contributed by atoms with Crippen LogP contribution < -0.4 is 4.31 Å². The number of amides is 1. The van der Waals surface area contributed by atoms with Crippen LogP contribution in [0.5, 0.6) is 0 Å². The number of anilines is 2. The van der Waals surface area contributed by atoms with Crippen LogP contribution in [0.4, 0.5) is 16.0 Å². The minimum Gasteiger partial charge on any atom is -0.349 e. The maximum atomic E-state index is 14.9. The number of piperazine rings is 1. The second-order valence-corrected chi connectivity index (χ2v) is 12.4. The standard InChI is InChI=1S/C28H31ClFN7O3S/c1-7-24(38)34-14-19(6)35(15-18(34)5)27-21-12-22(29)25(20-10-8-9-11-23(20)30)32-26(21)37(41(39,40)33-27)28-17(4)13-31-36(28)16(2)3/h7-13,16,18-19H,1,14-15H2,2-6H3/t18-,19+/m1/s1. The Morgan fingerprint density at radius 2 is 1.88 bits per heavy atom. The van der Waals surface area contributed by atoms with Crippen LogP contribution in [0, 0.1) is 12.7 Å². The van der Waals surface area contributed by atoms with E-state index in [1.165, 1.54) is 18.2 Å². The fourth-order valence-corrected chi connectivity index (χ4v) is 6.85. The van der Waals surface area contributed by atoms with Crippen molar-refractivity contribution in [1.29, 1.82) is 0 Å². The lowest BCUT2D eigenvalue weighted by Crippen LogP contribution is -2.60. The molecule has 2 aromatic heterocycles. The molecule has 2 aliphatic heterocycles. The number of hydrogen-bond donors (Lipinski definition) is 0. The number of halogens is 2. The third-order valence-electron chi connectivity index (χ3n) is 7.29. The second kappa shape index (κ2) is 10.6. The predicted octanol–water partition coefficient (Wildman–Crippen LogP) is 4.88. The summed E-state index contributed by atoms with van der Waals surface area (Å²) in [5, 5.41) is 4.53. The first kappa shape index (κ1) is 28.7. The molecular formula is C28H31ClFN7O3S. The average Bonchev–Trinajstić information content (AvgIpc) is 3.30. The summed E-state index contributed by atoms with van der Waals surface area (Å²) in [6.07, 6.45) is 2.85. The monoisotopic (exact) mass is 599 g/mol. The Balaban J connectivity index is 1.75. The van der Waals surface area contributed by atoms with Crippen LogP contribution in [0.1, 0.15) is 44.9 Å². The Kier molecular flexibility index (Phi) is 7.41. The van der Waals surface area contributed by atoms with Crippen LogP contribution in [-0.4, -0.2) is 69.9 Å². The molecule has 216 valence electrons. The summed E-state index contributed by atoms with van der Waals surface area (Å²) in [5.41, 5.74) is 1.19. The Labute approximate surface area is 243 Å². The smallest absolute Gasteiger partial charge is 0.349 e. The second-order valence-electron chi connectivity index (χ2n) is 10.6. The number of carbonyl (C=O) groups is 1. The van der Waals surface area contributed by atoms with E-state index in [-0.39, 0.29) is 57.8 Å². The van der Waals surface area contributed by atoms with Crippen LogP contribution in [0.25, 0.3) is 11.3 Å². The highest BCUT2D eigenvalue weighted by molar-refractivity contribution is 7.92. The molecule has 0 aliphatic carbocycles. The Morgan fingerprint density at radius 3 is 2.54 bits per heavy atom. The average molecular weight is 600 g/mol.